The largest absolute Gasteiger partial charge is 0.508 e. The first-order valence-corrected chi connectivity index (χ1v) is 11.9. The number of phenolic OH excluding ortho intramolecular Hbond substituents is 1. The minimum Gasteiger partial charge on any atom is -0.508 e. The minimum absolute atomic E-state index is 0.0223. The van der Waals surface area contributed by atoms with Crippen LogP contribution in [0.15, 0.2) is 103 Å². The van der Waals surface area contributed by atoms with Crippen LogP contribution < -0.4 is 5.32 Å². The van der Waals surface area contributed by atoms with Gasteiger partial charge in [-0.25, -0.2) is 0 Å². The predicted octanol–water partition coefficient (Wildman–Crippen LogP) is 5.56. The highest BCUT2D eigenvalue weighted by Crippen LogP contribution is 2.23. The van der Waals surface area contributed by atoms with Crippen molar-refractivity contribution in [1.29, 1.82) is 0 Å². The van der Waals surface area contributed by atoms with E-state index in [0.717, 1.165) is 22.3 Å². The van der Waals surface area contributed by atoms with Gasteiger partial charge in [-0.3, -0.25) is 4.79 Å². The summed E-state index contributed by atoms with van der Waals surface area (Å²) in [6, 6.07) is 32.5. The molecule has 2 atom stereocenters. The van der Waals surface area contributed by atoms with Crippen molar-refractivity contribution in [3.8, 4) is 16.9 Å². The number of nitrogens with one attached hydrogen (secondary N) is 1. The summed E-state index contributed by atoms with van der Waals surface area (Å²) in [6.07, 6.45) is 1.31. The van der Waals surface area contributed by atoms with E-state index in [-0.39, 0.29) is 30.2 Å². The minimum atomic E-state index is -0.229. The lowest BCUT2D eigenvalue weighted by atomic mass is 9.88. The fourth-order valence-electron chi connectivity index (χ4n) is 4.40. The van der Waals surface area contributed by atoms with Gasteiger partial charge in [-0.05, 0) is 66.3 Å². The highest BCUT2D eigenvalue weighted by Gasteiger charge is 2.24. The summed E-state index contributed by atoms with van der Waals surface area (Å²) in [5.74, 6) is -0.0681. The fourth-order valence-corrected chi connectivity index (χ4v) is 4.40. The van der Waals surface area contributed by atoms with Gasteiger partial charge in [0, 0.05) is 24.1 Å². The monoisotopic (exact) mass is 465 g/mol. The van der Waals surface area contributed by atoms with Gasteiger partial charge in [0.15, 0.2) is 0 Å². The van der Waals surface area contributed by atoms with Crippen molar-refractivity contribution in [3.63, 3.8) is 0 Å². The third kappa shape index (κ3) is 6.58. The van der Waals surface area contributed by atoms with Crippen LogP contribution in [0.25, 0.3) is 11.1 Å². The van der Waals surface area contributed by atoms with E-state index in [9.17, 15) is 15.0 Å². The molecule has 0 bridgehead atoms. The number of benzene rings is 4. The van der Waals surface area contributed by atoms with Crippen LogP contribution in [0.5, 0.6) is 5.75 Å². The van der Waals surface area contributed by atoms with E-state index in [0.29, 0.717) is 18.4 Å². The molecule has 178 valence electrons. The van der Waals surface area contributed by atoms with Crippen molar-refractivity contribution in [2.75, 3.05) is 6.61 Å². The molecule has 0 spiro atoms. The lowest BCUT2D eigenvalue weighted by Crippen LogP contribution is -2.44. The van der Waals surface area contributed by atoms with Crippen LogP contribution in [0.4, 0.5) is 0 Å². The average Bonchev–Trinajstić information content (AvgIpc) is 2.88. The van der Waals surface area contributed by atoms with Gasteiger partial charge in [0.2, 0.25) is 0 Å². The van der Waals surface area contributed by atoms with Crippen LogP contribution >= 0.6 is 0 Å². The molecule has 0 heterocycles. The van der Waals surface area contributed by atoms with Crippen molar-refractivity contribution in [2.45, 2.75) is 25.8 Å². The number of carbonyl (C=O) groups is 1. The first-order valence-electron chi connectivity index (χ1n) is 11.9. The van der Waals surface area contributed by atoms with Gasteiger partial charge < -0.3 is 15.5 Å². The Bertz CT molecular complexity index is 1230. The maximum absolute atomic E-state index is 13.2. The Hall–Kier alpha value is -3.89. The zero-order chi connectivity index (χ0) is 24.6. The number of aryl methyl sites for hydroxylation is 1. The molecule has 0 aliphatic heterocycles. The predicted molar refractivity (Wildman–Crippen MR) is 140 cm³/mol. The van der Waals surface area contributed by atoms with Gasteiger partial charge in [0.25, 0.3) is 5.91 Å². The van der Waals surface area contributed by atoms with Crippen LogP contribution in [-0.4, -0.2) is 28.8 Å². The molecule has 0 saturated heterocycles. The number of rotatable bonds is 9. The smallest absolute Gasteiger partial charge is 0.251 e. The molecule has 0 saturated carbocycles. The molecule has 3 N–H and O–H groups in total. The quantitative estimate of drug-likeness (QED) is 0.303. The molecule has 0 aliphatic carbocycles. The first kappa shape index (κ1) is 24.2. The maximum Gasteiger partial charge on any atom is 0.251 e. The van der Waals surface area contributed by atoms with Crippen LogP contribution in [0, 0.1) is 12.8 Å². The second-order valence-corrected chi connectivity index (χ2v) is 9.03. The zero-order valence-corrected chi connectivity index (χ0v) is 19.9. The van der Waals surface area contributed by atoms with Crippen molar-refractivity contribution in [1.82, 2.24) is 5.32 Å². The Morgan fingerprint density at radius 2 is 1.40 bits per heavy atom. The SMILES string of the molecule is Cc1cccc(CC(CO)C(Cc2ccccc2)NC(=O)c2ccc(-c3ccc(O)cc3)cc2)c1. The van der Waals surface area contributed by atoms with E-state index in [2.05, 4.69) is 30.4 Å². The van der Waals surface area contributed by atoms with E-state index in [1.165, 1.54) is 5.56 Å². The van der Waals surface area contributed by atoms with Crippen molar-refractivity contribution < 1.29 is 15.0 Å². The molecule has 4 rings (SSSR count). The third-order valence-corrected chi connectivity index (χ3v) is 6.35. The number of carbonyl (C=O) groups excluding carboxylic acids is 1. The molecule has 4 aromatic rings. The van der Waals surface area contributed by atoms with E-state index in [4.69, 9.17) is 0 Å². The highest BCUT2D eigenvalue weighted by molar-refractivity contribution is 5.95. The maximum atomic E-state index is 13.2. The molecular formula is C31H31NO3. The number of aromatic hydroxyl groups is 1. The van der Waals surface area contributed by atoms with Gasteiger partial charge in [-0.15, -0.1) is 0 Å². The first-order chi connectivity index (χ1) is 17.0. The molecule has 4 nitrogen and oxygen atoms in total. The summed E-state index contributed by atoms with van der Waals surface area (Å²) in [6.45, 7) is 2.04. The average molecular weight is 466 g/mol. The molecule has 0 fully saturated rings. The van der Waals surface area contributed by atoms with Gasteiger partial charge in [0.1, 0.15) is 5.75 Å². The Morgan fingerprint density at radius 1 is 0.771 bits per heavy atom. The van der Waals surface area contributed by atoms with Crippen molar-refractivity contribution >= 4 is 5.91 Å². The summed E-state index contributed by atoms with van der Waals surface area (Å²) in [7, 11) is 0. The highest BCUT2D eigenvalue weighted by atomic mass is 16.3. The number of aliphatic hydroxyl groups excluding tert-OH is 1. The second-order valence-electron chi connectivity index (χ2n) is 9.03. The summed E-state index contributed by atoms with van der Waals surface area (Å²) < 4.78 is 0. The summed E-state index contributed by atoms with van der Waals surface area (Å²) in [4.78, 5) is 13.2. The molecule has 1 amide bonds. The lowest BCUT2D eigenvalue weighted by Gasteiger charge is -2.27. The Labute approximate surface area is 206 Å². The number of phenols is 1. The Kier molecular flexibility index (Phi) is 7.96. The molecule has 0 aliphatic rings. The molecule has 2 unspecified atom stereocenters. The van der Waals surface area contributed by atoms with Crippen molar-refractivity contribution in [2.24, 2.45) is 5.92 Å². The van der Waals surface area contributed by atoms with Gasteiger partial charge >= 0.3 is 0 Å². The topological polar surface area (TPSA) is 69.6 Å². The summed E-state index contributed by atoms with van der Waals surface area (Å²) >= 11 is 0. The third-order valence-electron chi connectivity index (χ3n) is 6.35. The molecular weight excluding hydrogens is 434 g/mol. The summed E-state index contributed by atoms with van der Waals surface area (Å²) in [5, 5.41) is 23.0. The zero-order valence-electron chi connectivity index (χ0n) is 19.9. The van der Waals surface area contributed by atoms with Gasteiger partial charge in [-0.1, -0.05) is 84.4 Å². The molecule has 0 aromatic heterocycles. The van der Waals surface area contributed by atoms with E-state index >= 15 is 0 Å². The Balaban J connectivity index is 1.53. The van der Waals surface area contributed by atoms with Crippen LogP contribution in [0.3, 0.4) is 0 Å². The molecule has 4 aromatic carbocycles. The van der Waals surface area contributed by atoms with Crippen molar-refractivity contribution in [3.05, 3.63) is 125 Å². The van der Waals surface area contributed by atoms with Crippen LogP contribution in [0.1, 0.15) is 27.0 Å². The standard InChI is InChI=1S/C31H31NO3/c1-22-6-5-9-24(18-22)19-28(21-33)30(20-23-7-3-2-4-8-23)32-31(35)27-12-10-25(11-13-27)26-14-16-29(34)17-15-26/h2-18,28,30,33-34H,19-21H2,1H3,(H,32,35). The number of amides is 1. The molecule has 0 radical (unpaired) electrons. The van der Waals surface area contributed by atoms with Gasteiger partial charge in [0.05, 0.1) is 0 Å². The number of hydrogen-bond donors (Lipinski definition) is 3. The fraction of sp³-hybridized carbons (Fsp3) is 0.194. The summed E-state index contributed by atoms with van der Waals surface area (Å²) in [5.41, 5.74) is 5.94. The van der Waals surface area contributed by atoms with E-state index in [1.54, 1.807) is 12.1 Å². The normalized spacial score (nSPS) is 12.6. The van der Waals surface area contributed by atoms with Crippen LogP contribution in [0.2, 0.25) is 0 Å². The molecule has 35 heavy (non-hydrogen) atoms. The van der Waals surface area contributed by atoms with Gasteiger partial charge in [-0.2, -0.15) is 0 Å². The Morgan fingerprint density at radius 3 is 2.03 bits per heavy atom. The number of aliphatic hydroxyl groups is 1. The lowest BCUT2D eigenvalue weighted by molar-refractivity contribution is 0.0903. The van der Waals surface area contributed by atoms with Crippen LogP contribution in [-0.2, 0) is 12.8 Å². The van der Waals surface area contributed by atoms with E-state index < -0.39 is 0 Å². The number of hydrogen-bond acceptors (Lipinski definition) is 3. The van der Waals surface area contributed by atoms with E-state index in [1.807, 2.05) is 72.8 Å². The molecule has 4 heteroatoms. The second kappa shape index (κ2) is 11.5.